The minimum atomic E-state index is -0.597. The maximum atomic E-state index is 11.8. The van der Waals surface area contributed by atoms with Gasteiger partial charge in [-0.1, -0.05) is 49.1 Å². The number of rotatable bonds is 2. The van der Waals surface area contributed by atoms with Gasteiger partial charge < -0.3 is 4.84 Å². The van der Waals surface area contributed by atoms with Crippen molar-refractivity contribution in [2.24, 2.45) is 10.6 Å². The largest absolute Gasteiger partial charge is 0.367 e. The van der Waals surface area contributed by atoms with Gasteiger partial charge in [-0.15, -0.1) is 0 Å². The van der Waals surface area contributed by atoms with Crippen molar-refractivity contribution in [2.45, 2.75) is 27.7 Å². The van der Waals surface area contributed by atoms with E-state index >= 15 is 0 Å². The van der Waals surface area contributed by atoms with Crippen LogP contribution >= 0.6 is 23.2 Å². The molecule has 0 aromatic heterocycles. The van der Waals surface area contributed by atoms with Crippen molar-refractivity contribution < 1.29 is 9.63 Å². The van der Waals surface area contributed by atoms with Crippen LogP contribution in [0.2, 0.25) is 10.0 Å². The number of oxime groups is 1. The fourth-order valence-electron chi connectivity index (χ4n) is 0.951. The van der Waals surface area contributed by atoms with Crippen molar-refractivity contribution in [3.05, 3.63) is 33.8 Å². The first-order valence-corrected chi connectivity index (χ1v) is 6.19. The van der Waals surface area contributed by atoms with E-state index in [1.165, 1.54) is 12.1 Å². The van der Waals surface area contributed by atoms with Crippen molar-refractivity contribution in [1.82, 2.24) is 0 Å². The second-order valence-corrected chi connectivity index (χ2v) is 5.77. The Kier molecular flexibility index (Phi) is 4.77. The van der Waals surface area contributed by atoms with Gasteiger partial charge in [0.1, 0.15) is 0 Å². The first-order chi connectivity index (χ1) is 8.21. The summed E-state index contributed by atoms with van der Waals surface area (Å²) in [4.78, 5) is 16.6. The molecule has 1 aromatic rings. The summed E-state index contributed by atoms with van der Waals surface area (Å²) in [5.41, 5.74) is 0.817. The topological polar surface area (TPSA) is 38.7 Å². The Labute approximate surface area is 117 Å². The van der Waals surface area contributed by atoms with E-state index < -0.39 is 5.97 Å². The van der Waals surface area contributed by atoms with E-state index in [2.05, 4.69) is 5.16 Å². The monoisotopic (exact) mass is 287 g/mol. The second-order valence-electron chi connectivity index (χ2n) is 4.93. The fraction of sp³-hybridized carbons (Fsp3) is 0.385. The van der Waals surface area contributed by atoms with Gasteiger partial charge in [-0.3, -0.25) is 0 Å². The summed E-state index contributed by atoms with van der Waals surface area (Å²) in [6.07, 6.45) is 0. The van der Waals surface area contributed by atoms with E-state index in [1.807, 2.05) is 20.8 Å². The van der Waals surface area contributed by atoms with Crippen molar-refractivity contribution in [2.75, 3.05) is 0 Å². The lowest BCUT2D eigenvalue weighted by Gasteiger charge is -2.16. The molecule has 1 rings (SSSR count). The molecule has 0 bridgehead atoms. The Bertz CT molecular complexity index is 490. The van der Waals surface area contributed by atoms with Gasteiger partial charge in [0.2, 0.25) is 0 Å². The van der Waals surface area contributed by atoms with Gasteiger partial charge in [0.15, 0.2) is 0 Å². The molecule has 3 nitrogen and oxygen atoms in total. The number of nitrogens with zero attached hydrogens (tertiary/aromatic N) is 1. The molecule has 0 aliphatic heterocycles. The Morgan fingerprint density at radius 3 is 2.39 bits per heavy atom. The highest BCUT2D eigenvalue weighted by Crippen LogP contribution is 2.22. The molecule has 0 radical (unpaired) electrons. The number of carbonyl (C=O) groups excluding carboxylic acids is 1. The third kappa shape index (κ3) is 4.00. The summed E-state index contributed by atoms with van der Waals surface area (Å²) in [6, 6.07) is 4.57. The predicted molar refractivity (Wildman–Crippen MR) is 74.4 cm³/mol. The number of carbonyl (C=O) groups is 1. The highest BCUT2D eigenvalue weighted by Gasteiger charge is 2.17. The highest BCUT2D eigenvalue weighted by molar-refractivity contribution is 6.36. The van der Waals surface area contributed by atoms with Gasteiger partial charge >= 0.3 is 5.97 Å². The first-order valence-electron chi connectivity index (χ1n) is 5.43. The molecule has 98 valence electrons. The third-order valence-corrected chi connectivity index (χ3v) is 3.05. The molecule has 0 aliphatic carbocycles. The molecule has 1 aromatic carbocycles. The quantitative estimate of drug-likeness (QED) is 0.454. The van der Waals surface area contributed by atoms with Gasteiger partial charge in [-0.05, 0) is 25.1 Å². The molecule has 5 heteroatoms. The predicted octanol–water partition coefficient (Wildman–Crippen LogP) is 4.57. The summed E-state index contributed by atoms with van der Waals surface area (Å²) in [7, 11) is 0. The lowest BCUT2D eigenvalue weighted by atomic mass is 9.91. The number of hydrogen-bond donors (Lipinski definition) is 0. The summed E-state index contributed by atoms with van der Waals surface area (Å²) in [5, 5.41) is 4.52. The third-order valence-electron chi connectivity index (χ3n) is 2.50. The standard InChI is InChI=1S/C13H15Cl2NO2/c1-8(13(2,3)4)16-18-12(17)10-6-5-9(14)7-11(10)15/h5-7H,1-4H3/b16-8-. The van der Waals surface area contributed by atoms with E-state index in [4.69, 9.17) is 28.0 Å². The van der Waals surface area contributed by atoms with Crippen LogP contribution in [0.4, 0.5) is 0 Å². The maximum absolute atomic E-state index is 11.8. The minimum Gasteiger partial charge on any atom is -0.313 e. The van der Waals surface area contributed by atoms with Crippen LogP contribution in [-0.4, -0.2) is 11.7 Å². The van der Waals surface area contributed by atoms with Gasteiger partial charge in [0.25, 0.3) is 0 Å². The summed E-state index contributed by atoms with van der Waals surface area (Å²) >= 11 is 11.6. The van der Waals surface area contributed by atoms with Crippen molar-refractivity contribution >= 4 is 34.9 Å². The summed E-state index contributed by atoms with van der Waals surface area (Å²) in [6.45, 7) is 7.75. The van der Waals surface area contributed by atoms with Gasteiger partial charge in [-0.25, -0.2) is 4.79 Å². The van der Waals surface area contributed by atoms with Crippen LogP contribution in [0.5, 0.6) is 0 Å². The van der Waals surface area contributed by atoms with E-state index in [0.717, 1.165) is 5.71 Å². The average molecular weight is 288 g/mol. The lowest BCUT2D eigenvalue weighted by Crippen LogP contribution is -2.18. The molecule has 0 fully saturated rings. The van der Waals surface area contributed by atoms with Crippen LogP contribution in [0.3, 0.4) is 0 Å². The highest BCUT2D eigenvalue weighted by atomic mass is 35.5. The molecular formula is C13H15Cl2NO2. The Morgan fingerprint density at radius 1 is 1.28 bits per heavy atom. The smallest absolute Gasteiger partial charge is 0.313 e. The van der Waals surface area contributed by atoms with Gasteiger partial charge in [-0.2, -0.15) is 0 Å². The average Bonchev–Trinajstić information content (AvgIpc) is 2.24. The molecule has 0 heterocycles. The van der Waals surface area contributed by atoms with Crippen LogP contribution in [0, 0.1) is 5.41 Å². The molecule has 0 amide bonds. The van der Waals surface area contributed by atoms with E-state index in [-0.39, 0.29) is 16.0 Å². The molecule has 0 unspecified atom stereocenters. The van der Waals surface area contributed by atoms with Crippen LogP contribution in [0.15, 0.2) is 23.4 Å². The Balaban J connectivity index is 2.84. The molecular weight excluding hydrogens is 273 g/mol. The molecule has 0 saturated carbocycles. The Morgan fingerprint density at radius 2 is 1.89 bits per heavy atom. The number of halogens is 2. The van der Waals surface area contributed by atoms with Crippen LogP contribution in [0.25, 0.3) is 0 Å². The molecule has 0 N–H and O–H groups in total. The van der Waals surface area contributed by atoms with E-state index in [0.29, 0.717) is 5.02 Å². The van der Waals surface area contributed by atoms with Gasteiger partial charge in [0, 0.05) is 10.4 Å². The Hall–Kier alpha value is -1.06. The number of benzene rings is 1. The minimum absolute atomic E-state index is 0.149. The fourth-order valence-corrected chi connectivity index (χ4v) is 1.44. The zero-order valence-corrected chi connectivity index (χ0v) is 12.3. The van der Waals surface area contributed by atoms with Crippen molar-refractivity contribution in [3.63, 3.8) is 0 Å². The molecule has 18 heavy (non-hydrogen) atoms. The zero-order valence-electron chi connectivity index (χ0n) is 10.8. The lowest BCUT2D eigenvalue weighted by molar-refractivity contribution is 0.0512. The van der Waals surface area contributed by atoms with Crippen molar-refractivity contribution in [3.8, 4) is 0 Å². The maximum Gasteiger partial charge on any atom is 0.367 e. The summed E-state index contributed by atoms with van der Waals surface area (Å²) < 4.78 is 0. The molecule has 0 aliphatic rings. The number of hydrogen-bond acceptors (Lipinski definition) is 3. The normalized spacial score (nSPS) is 12.4. The molecule has 0 spiro atoms. The molecule has 0 saturated heterocycles. The van der Waals surface area contributed by atoms with Crippen molar-refractivity contribution in [1.29, 1.82) is 0 Å². The van der Waals surface area contributed by atoms with Crippen LogP contribution < -0.4 is 0 Å². The van der Waals surface area contributed by atoms with Gasteiger partial charge in [0.05, 0.1) is 16.3 Å². The van der Waals surface area contributed by atoms with Crippen LogP contribution in [-0.2, 0) is 4.84 Å². The molecule has 0 atom stereocenters. The van der Waals surface area contributed by atoms with E-state index in [9.17, 15) is 4.79 Å². The second kappa shape index (κ2) is 5.72. The zero-order chi connectivity index (χ0) is 13.9. The van der Waals surface area contributed by atoms with Crippen LogP contribution in [0.1, 0.15) is 38.1 Å². The van der Waals surface area contributed by atoms with E-state index in [1.54, 1.807) is 13.0 Å². The first kappa shape index (κ1) is 15.0. The summed E-state index contributed by atoms with van der Waals surface area (Å²) in [5.74, 6) is -0.597. The SMILES string of the molecule is C/C(=N/OC(=O)c1ccc(Cl)cc1Cl)C(C)(C)C.